The van der Waals surface area contributed by atoms with Gasteiger partial charge in [-0.05, 0) is 68.1 Å². The third kappa shape index (κ3) is 3.13. The molecule has 0 spiro atoms. The van der Waals surface area contributed by atoms with E-state index in [0.717, 1.165) is 49.1 Å². The van der Waals surface area contributed by atoms with Crippen molar-refractivity contribution in [3.63, 3.8) is 0 Å². The number of rotatable bonds is 4. The van der Waals surface area contributed by atoms with Gasteiger partial charge < -0.3 is 10.1 Å². The predicted molar refractivity (Wildman–Crippen MR) is 95.6 cm³/mol. The number of methoxy groups -OCH3 is 1. The highest BCUT2D eigenvalue weighted by Crippen LogP contribution is 2.61. The van der Waals surface area contributed by atoms with Gasteiger partial charge in [0.25, 0.3) is 0 Å². The molecule has 0 radical (unpaired) electrons. The summed E-state index contributed by atoms with van der Waals surface area (Å²) in [5.41, 5.74) is 0.899. The Hall–Kier alpha value is -1.32. The van der Waals surface area contributed by atoms with Gasteiger partial charge in [0.05, 0.1) is 7.11 Å². The van der Waals surface area contributed by atoms with Crippen molar-refractivity contribution in [2.75, 3.05) is 7.11 Å². The van der Waals surface area contributed by atoms with Crippen LogP contribution < -0.4 is 5.32 Å². The summed E-state index contributed by atoms with van der Waals surface area (Å²) >= 11 is 0. The van der Waals surface area contributed by atoms with E-state index in [4.69, 9.17) is 4.74 Å². The molecule has 25 heavy (non-hydrogen) atoms. The molecule has 5 aliphatic carbocycles. The van der Waals surface area contributed by atoms with Gasteiger partial charge in [-0.2, -0.15) is 0 Å². The van der Waals surface area contributed by atoms with Crippen LogP contribution in [0, 0.1) is 28.6 Å². The van der Waals surface area contributed by atoms with Crippen LogP contribution in [0.15, 0.2) is 11.8 Å². The van der Waals surface area contributed by atoms with Crippen LogP contribution >= 0.6 is 0 Å². The molecule has 4 heteroatoms. The molecule has 0 aromatic heterocycles. The van der Waals surface area contributed by atoms with E-state index in [0.29, 0.717) is 6.42 Å². The molecule has 0 aromatic rings. The van der Waals surface area contributed by atoms with Gasteiger partial charge in [0.1, 0.15) is 6.04 Å². The molecule has 0 amide bonds. The number of ketones is 1. The first-order chi connectivity index (χ1) is 11.8. The van der Waals surface area contributed by atoms with E-state index >= 15 is 0 Å². The van der Waals surface area contributed by atoms with Crippen molar-refractivity contribution >= 4 is 11.8 Å². The molecule has 1 atom stereocenters. The van der Waals surface area contributed by atoms with E-state index in [-0.39, 0.29) is 28.6 Å². The number of hydrogen-bond acceptors (Lipinski definition) is 4. The number of carbonyl (C=O) groups is 2. The highest BCUT2D eigenvalue weighted by molar-refractivity contribution is 5.92. The lowest BCUT2D eigenvalue weighted by Gasteiger charge is -2.59. The van der Waals surface area contributed by atoms with Crippen LogP contribution in [0.5, 0.6) is 0 Å². The quantitative estimate of drug-likeness (QED) is 0.791. The zero-order chi connectivity index (χ0) is 17.8. The van der Waals surface area contributed by atoms with E-state index in [1.54, 1.807) is 6.08 Å². The van der Waals surface area contributed by atoms with Crippen molar-refractivity contribution in [1.82, 2.24) is 5.32 Å². The summed E-state index contributed by atoms with van der Waals surface area (Å²) in [7, 11) is 1.49. The molecular weight excluding hydrogens is 314 g/mol. The second kappa shape index (κ2) is 5.85. The highest BCUT2D eigenvalue weighted by Gasteiger charge is 2.56. The maximum Gasteiger partial charge on any atom is 0.328 e. The van der Waals surface area contributed by atoms with Crippen molar-refractivity contribution in [2.24, 2.45) is 28.6 Å². The Labute approximate surface area is 150 Å². The average Bonchev–Trinajstić information content (AvgIpc) is 2.48. The molecule has 0 aliphatic heterocycles. The smallest absolute Gasteiger partial charge is 0.328 e. The van der Waals surface area contributed by atoms with Crippen LogP contribution in [0.3, 0.4) is 0 Å². The van der Waals surface area contributed by atoms with Gasteiger partial charge in [0.15, 0.2) is 5.78 Å². The third-order valence-corrected chi connectivity index (χ3v) is 7.12. The minimum Gasteiger partial charge on any atom is -0.467 e. The summed E-state index contributed by atoms with van der Waals surface area (Å²) in [5, 5.41) is 3.52. The van der Waals surface area contributed by atoms with Gasteiger partial charge in [-0.1, -0.05) is 13.8 Å². The van der Waals surface area contributed by atoms with Gasteiger partial charge in [-0.25, -0.2) is 4.79 Å². The van der Waals surface area contributed by atoms with E-state index < -0.39 is 0 Å². The summed E-state index contributed by atoms with van der Waals surface area (Å²) in [6.07, 6.45) is 10.6. The molecule has 4 saturated carbocycles. The fourth-order valence-corrected chi connectivity index (χ4v) is 6.74. The normalized spacial score (nSPS) is 39.7. The fourth-order valence-electron chi connectivity index (χ4n) is 6.74. The lowest BCUT2D eigenvalue weighted by molar-refractivity contribution is -0.154. The Morgan fingerprint density at radius 2 is 1.68 bits per heavy atom. The Bertz CT molecular complexity index is 583. The van der Waals surface area contributed by atoms with E-state index in [9.17, 15) is 9.59 Å². The van der Waals surface area contributed by atoms with E-state index in [1.165, 1.54) is 26.4 Å². The third-order valence-electron chi connectivity index (χ3n) is 7.12. The second-order valence-corrected chi connectivity index (χ2v) is 10.0. The first-order valence-electron chi connectivity index (χ1n) is 9.86. The Kier molecular flexibility index (Phi) is 4.01. The molecule has 4 fully saturated rings. The van der Waals surface area contributed by atoms with Crippen LogP contribution in [0.25, 0.3) is 0 Å². The molecule has 0 heterocycles. The number of nitrogens with one attached hydrogen (secondary N) is 1. The van der Waals surface area contributed by atoms with Crippen molar-refractivity contribution in [1.29, 1.82) is 0 Å². The standard InChI is InChI=1S/C21H31NO3/c1-20(2)11-16(7-17(23)12-20)22-18(19(24)25-3)21-8-13-4-14(9-21)6-15(5-13)10-21/h7,13-15,18,22H,4-6,8-12H2,1-3H3. The van der Waals surface area contributed by atoms with E-state index in [2.05, 4.69) is 19.2 Å². The summed E-state index contributed by atoms with van der Waals surface area (Å²) < 4.78 is 5.21. The zero-order valence-corrected chi connectivity index (χ0v) is 15.8. The van der Waals surface area contributed by atoms with Crippen molar-refractivity contribution in [2.45, 2.75) is 71.3 Å². The molecule has 0 saturated heterocycles. The largest absolute Gasteiger partial charge is 0.467 e. The van der Waals surface area contributed by atoms with Crippen LogP contribution in [-0.4, -0.2) is 24.9 Å². The van der Waals surface area contributed by atoms with Gasteiger partial charge in [-0.15, -0.1) is 0 Å². The molecule has 4 nitrogen and oxygen atoms in total. The van der Waals surface area contributed by atoms with Crippen molar-refractivity contribution in [3.05, 3.63) is 11.8 Å². The number of hydrogen-bond donors (Lipinski definition) is 1. The summed E-state index contributed by atoms with van der Waals surface area (Å²) in [6.45, 7) is 4.24. The van der Waals surface area contributed by atoms with Crippen LogP contribution in [0.2, 0.25) is 0 Å². The first kappa shape index (κ1) is 17.1. The van der Waals surface area contributed by atoms with Crippen LogP contribution in [0.1, 0.15) is 65.2 Å². The van der Waals surface area contributed by atoms with Gasteiger partial charge in [0.2, 0.25) is 0 Å². The average molecular weight is 345 g/mol. The molecule has 4 bridgehead atoms. The van der Waals surface area contributed by atoms with Crippen molar-refractivity contribution < 1.29 is 14.3 Å². The maximum atomic E-state index is 12.7. The zero-order valence-electron chi connectivity index (χ0n) is 15.8. The number of ether oxygens (including phenoxy) is 1. The molecule has 5 aliphatic rings. The number of esters is 1. The monoisotopic (exact) mass is 345 g/mol. The van der Waals surface area contributed by atoms with E-state index in [1.807, 2.05) is 0 Å². The molecule has 1 unspecified atom stereocenters. The van der Waals surface area contributed by atoms with Crippen molar-refractivity contribution in [3.8, 4) is 0 Å². The van der Waals surface area contributed by atoms with Gasteiger partial charge in [0, 0.05) is 23.6 Å². The molecular formula is C21H31NO3. The minimum atomic E-state index is -0.307. The van der Waals surface area contributed by atoms with Gasteiger partial charge >= 0.3 is 5.97 Å². The first-order valence-corrected chi connectivity index (χ1v) is 9.86. The predicted octanol–water partition coefficient (Wildman–Crippen LogP) is 3.61. The molecule has 138 valence electrons. The SMILES string of the molecule is COC(=O)C(NC1=CC(=O)CC(C)(C)C1)C12CC3CC(CC(C3)C1)C2. The molecule has 1 N–H and O–H groups in total. The Balaban J connectivity index is 1.61. The van der Waals surface area contributed by atoms with Crippen LogP contribution in [-0.2, 0) is 14.3 Å². The lowest BCUT2D eigenvalue weighted by atomic mass is 9.47. The summed E-state index contributed by atoms with van der Waals surface area (Å²) in [4.78, 5) is 24.9. The van der Waals surface area contributed by atoms with Gasteiger partial charge in [-0.3, -0.25) is 4.79 Å². The molecule has 0 aromatic carbocycles. The second-order valence-electron chi connectivity index (χ2n) is 10.0. The maximum absolute atomic E-state index is 12.7. The number of allylic oxidation sites excluding steroid dienone is 2. The summed E-state index contributed by atoms with van der Waals surface area (Å²) in [6, 6.07) is -0.307. The summed E-state index contributed by atoms with van der Waals surface area (Å²) in [5.74, 6) is 2.34. The Morgan fingerprint density at radius 1 is 1.12 bits per heavy atom. The molecule has 5 rings (SSSR count). The van der Waals surface area contributed by atoms with Crippen LogP contribution in [0.4, 0.5) is 0 Å². The number of carbonyl (C=O) groups excluding carboxylic acids is 2. The fraction of sp³-hybridized carbons (Fsp3) is 0.810. The highest BCUT2D eigenvalue weighted by atomic mass is 16.5. The minimum absolute atomic E-state index is 0.0212. The Morgan fingerprint density at radius 3 is 2.16 bits per heavy atom. The topological polar surface area (TPSA) is 55.4 Å². The lowest BCUT2D eigenvalue weighted by Crippen LogP contribution is -2.59.